The van der Waals surface area contributed by atoms with Gasteiger partial charge >= 0.3 is 5.97 Å². The van der Waals surface area contributed by atoms with E-state index in [4.69, 9.17) is 9.84 Å². The SMILES string of the molecule is COc1ccc(F)cc1CSC(C(=O)O)C(C)C. The van der Waals surface area contributed by atoms with Gasteiger partial charge in [-0.15, -0.1) is 11.8 Å². The number of hydrogen-bond donors (Lipinski definition) is 1. The molecule has 0 aromatic heterocycles. The average Bonchev–Trinajstić information content (AvgIpc) is 2.28. The second-order valence-corrected chi connectivity index (χ2v) is 5.40. The first-order valence-electron chi connectivity index (χ1n) is 5.62. The highest BCUT2D eigenvalue weighted by molar-refractivity contribution is 7.99. The number of aliphatic carboxylic acids is 1. The van der Waals surface area contributed by atoms with E-state index in [9.17, 15) is 9.18 Å². The quantitative estimate of drug-likeness (QED) is 0.864. The highest BCUT2D eigenvalue weighted by Gasteiger charge is 2.22. The zero-order valence-corrected chi connectivity index (χ0v) is 11.5. The van der Waals surface area contributed by atoms with Gasteiger partial charge in [0.25, 0.3) is 0 Å². The first kappa shape index (κ1) is 14.8. The molecule has 0 amide bonds. The molecule has 5 heteroatoms. The van der Waals surface area contributed by atoms with Gasteiger partial charge in [0.15, 0.2) is 0 Å². The number of carboxylic acids is 1. The van der Waals surface area contributed by atoms with E-state index in [0.717, 1.165) is 0 Å². The van der Waals surface area contributed by atoms with Crippen LogP contribution in [-0.2, 0) is 10.5 Å². The largest absolute Gasteiger partial charge is 0.496 e. The summed E-state index contributed by atoms with van der Waals surface area (Å²) in [5.74, 6) is -0.173. The van der Waals surface area contributed by atoms with Gasteiger partial charge in [0.1, 0.15) is 16.8 Å². The van der Waals surface area contributed by atoms with E-state index in [1.165, 1.54) is 31.0 Å². The fourth-order valence-electron chi connectivity index (χ4n) is 1.59. The molecule has 1 unspecified atom stereocenters. The lowest BCUT2D eigenvalue weighted by molar-refractivity contribution is -0.137. The average molecular weight is 272 g/mol. The molecule has 0 aliphatic carbocycles. The zero-order valence-electron chi connectivity index (χ0n) is 10.6. The van der Waals surface area contributed by atoms with Crippen molar-refractivity contribution in [1.29, 1.82) is 0 Å². The minimum Gasteiger partial charge on any atom is -0.496 e. The number of rotatable bonds is 6. The van der Waals surface area contributed by atoms with Crippen molar-refractivity contribution in [2.75, 3.05) is 7.11 Å². The predicted octanol–water partition coefficient (Wildman–Crippen LogP) is 3.18. The minimum absolute atomic E-state index is 0.0204. The van der Waals surface area contributed by atoms with Gasteiger partial charge in [-0.2, -0.15) is 0 Å². The number of hydrogen-bond acceptors (Lipinski definition) is 3. The molecule has 0 heterocycles. The van der Waals surface area contributed by atoms with Crippen molar-refractivity contribution < 1.29 is 19.0 Å². The molecule has 100 valence electrons. The Bertz CT molecular complexity index is 421. The summed E-state index contributed by atoms with van der Waals surface area (Å²) in [5, 5.41) is 8.57. The van der Waals surface area contributed by atoms with E-state index >= 15 is 0 Å². The monoisotopic (exact) mass is 272 g/mol. The molecule has 0 radical (unpaired) electrons. The highest BCUT2D eigenvalue weighted by atomic mass is 32.2. The van der Waals surface area contributed by atoms with Crippen molar-refractivity contribution in [2.45, 2.75) is 24.9 Å². The highest BCUT2D eigenvalue weighted by Crippen LogP contribution is 2.29. The summed E-state index contributed by atoms with van der Waals surface area (Å²) in [6.07, 6.45) is 0. The van der Waals surface area contributed by atoms with Crippen LogP contribution in [0.3, 0.4) is 0 Å². The fourth-order valence-corrected chi connectivity index (χ4v) is 2.70. The number of thioether (sulfide) groups is 1. The predicted molar refractivity (Wildman–Crippen MR) is 70.5 cm³/mol. The Labute approximate surface area is 110 Å². The molecule has 0 aliphatic rings. The molecule has 1 N–H and O–H groups in total. The Morgan fingerprint density at radius 2 is 2.17 bits per heavy atom. The topological polar surface area (TPSA) is 46.5 Å². The molecule has 0 aliphatic heterocycles. The van der Waals surface area contributed by atoms with Crippen molar-refractivity contribution in [3.05, 3.63) is 29.6 Å². The van der Waals surface area contributed by atoms with Crippen LogP contribution < -0.4 is 4.74 Å². The van der Waals surface area contributed by atoms with Crippen LogP contribution in [0.2, 0.25) is 0 Å². The smallest absolute Gasteiger partial charge is 0.316 e. The summed E-state index contributed by atoms with van der Waals surface area (Å²) in [7, 11) is 1.51. The molecule has 1 atom stereocenters. The van der Waals surface area contributed by atoms with Gasteiger partial charge in [-0.1, -0.05) is 13.8 Å². The Kier molecular flexibility index (Phi) is 5.47. The van der Waals surface area contributed by atoms with Gasteiger partial charge in [0, 0.05) is 11.3 Å². The van der Waals surface area contributed by atoms with E-state index in [0.29, 0.717) is 17.1 Å². The standard InChI is InChI=1S/C13H17FO3S/c1-8(2)12(13(15)16)18-7-9-6-10(14)4-5-11(9)17-3/h4-6,8,12H,7H2,1-3H3,(H,15,16). The van der Waals surface area contributed by atoms with Crippen molar-refractivity contribution in [1.82, 2.24) is 0 Å². The van der Waals surface area contributed by atoms with Crippen molar-refractivity contribution in [2.24, 2.45) is 5.92 Å². The second-order valence-electron chi connectivity index (χ2n) is 4.27. The van der Waals surface area contributed by atoms with Gasteiger partial charge in [-0.25, -0.2) is 4.39 Å². The maximum absolute atomic E-state index is 13.1. The van der Waals surface area contributed by atoms with Gasteiger partial charge in [-0.3, -0.25) is 4.79 Å². The molecule has 3 nitrogen and oxygen atoms in total. The van der Waals surface area contributed by atoms with E-state index < -0.39 is 11.2 Å². The molecule has 0 fully saturated rings. The molecule has 1 aromatic carbocycles. The van der Waals surface area contributed by atoms with Gasteiger partial charge < -0.3 is 9.84 Å². The Balaban J connectivity index is 2.78. The number of carbonyl (C=O) groups is 1. The van der Waals surface area contributed by atoms with E-state index in [-0.39, 0.29) is 11.7 Å². The summed E-state index contributed by atoms with van der Waals surface area (Å²) in [5.41, 5.74) is 0.675. The third-order valence-electron chi connectivity index (χ3n) is 2.51. The van der Waals surface area contributed by atoms with Crippen molar-refractivity contribution in [3.8, 4) is 5.75 Å². The lowest BCUT2D eigenvalue weighted by atomic mass is 10.1. The first-order valence-corrected chi connectivity index (χ1v) is 6.67. The van der Waals surface area contributed by atoms with Crippen LogP contribution in [0.15, 0.2) is 18.2 Å². The van der Waals surface area contributed by atoms with Gasteiger partial charge in [0.2, 0.25) is 0 Å². The summed E-state index contributed by atoms with van der Waals surface area (Å²) in [4.78, 5) is 11.1. The van der Waals surface area contributed by atoms with Crippen LogP contribution in [0, 0.1) is 11.7 Å². The second kappa shape index (κ2) is 6.64. The van der Waals surface area contributed by atoms with Gasteiger partial charge in [-0.05, 0) is 24.1 Å². The van der Waals surface area contributed by atoms with E-state index in [1.807, 2.05) is 13.8 Å². The molecule has 0 saturated heterocycles. The van der Waals surface area contributed by atoms with E-state index in [1.54, 1.807) is 6.07 Å². The lowest BCUT2D eigenvalue weighted by Crippen LogP contribution is -2.22. The number of methoxy groups -OCH3 is 1. The summed E-state index contributed by atoms with van der Waals surface area (Å²) in [6, 6.07) is 4.26. The third kappa shape index (κ3) is 3.91. The summed E-state index contributed by atoms with van der Waals surface area (Å²) >= 11 is 1.28. The molecule has 1 aromatic rings. The van der Waals surface area contributed by atoms with Crippen LogP contribution in [-0.4, -0.2) is 23.4 Å². The number of halogens is 1. The molecule has 0 saturated carbocycles. The van der Waals surface area contributed by atoms with Crippen LogP contribution in [0.25, 0.3) is 0 Å². The normalized spacial score (nSPS) is 12.5. The fraction of sp³-hybridized carbons (Fsp3) is 0.462. The minimum atomic E-state index is -0.842. The molecule has 0 bridgehead atoms. The van der Waals surface area contributed by atoms with Gasteiger partial charge in [0.05, 0.1) is 7.11 Å². The maximum Gasteiger partial charge on any atom is 0.316 e. The molecule has 0 spiro atoms. The molecular formula is C13H17FO3S. The van der Waals surface area contributed by atoms with Crippen LogP contribution in [0.1, 0.15) is 19.4 Å². The Morgan fingerprint density at radius 1 is 1.50 bits per heavy atom. The van der Waals surface area contributed by atoms with Crippen molar-refractivity contribution in [3.63, 3.8) is 0 Å². The van der Waals surface area contributed by atoms with E-state index in [2.05, 4.69) is 0 Å². The lowest BCUT2D eigenvalue weighted by Gasteiger charge is -2.16. The first-order chi connectivity index (χ1) is 8.45. The summed E-state index contributed by atoms with van der Waals surface area (Å²) < 4.78 is 18.3. The molecule has 1 rings (SSSR count). The van der Waals surface area contributed by atoms with Crippen LogP contribution >= 0.6 is 11.8 Å². The maximum atomic E-state index is 13.1. The third-order valence-corrected chi connectivity index (χ3v) is 4.09. The Morgan fingerprint density at radius 3 is 2.67 bits per heavy atom. The molecule has 18 heavy (non-hydrogen) atoms. The number of benzene rings is 1. The molecular weight excluding hydrogens is 255 g/mol. The van der Waals surface area contributed by atoms with Crippen LogP contribution in [0.5, 0.6) is 5.75 Å². The number of ether oxygens (including phenoxy) is 1. The zero-order chi connectivity index (χ0) is 13.7. The number of carboxylic acid groups (broad SMARTS) is 1. The Hall–Kier alpha value is -1.23. The van der Waals surface area contributed by atoms with Crippen LogP contribution in [0.4, 0.5) is 4.39 Å². The van der Waals surface area contributed by atoms with Crippen molar-refractivity contribution >= 4 is 17.7 Å². The summed E-state index contributed by atoms with van der Waals surface area (Å²) in [6.45, 7) is 3.71.